The third kappa shape index (κ3) is 4.99. The van der Waals surface area contributed by atoms with E-state index in [0.29, 0.717) is 6.29 Å². The summed E-state index contributed by atoms with van der Waals surface area (Å²) in [5.41, 5.74) is 0. The highest BCUT2D eigenvalue weighted by Crippen LogP contribution is 1.79. The van der Waals surface area contributed by atoms with Crippen LogP contribution in [0.1, 0.15) is 0 Å². The van der Waals surface area contributed by atoms with Crippen molar-refractivity contribution in [3.8, 4) is 0 Å². The van der Waals surface area contributed by atoms with E-state index in [0.717, 1.165) is 12.2 Å². The molecule has 56 valence electrons. The molecular weight excluding hydrogens is 136 g/mol. The van der Waals surface area contributed by atoms with Gasteiger partial charge in [-0.3, -0.25) is 4.79 Å². The van der Waals surface area contributed by atoms with Crippen LogP contribution in [0, 0.1) is 0 Å². The number of methoxy groups -OCH3 is 1. The first kappa shape index (κ1) is 8.84. The van der Waals surface area contributed by atoms with Crippen LogP contribution in [0.3, 0.4) is 0 Å². The van der Waals surface area contributed by atoms with Gasteiger partial charge in [0.05, 0.1) is 0 Å². The Morgan fingerprint density at radius 3 is 2.80 bits per heavy atom. The molecule has 10 heavy (non-hydrogen) atoms. The predicted octanol–water partition coefficient (Wildman–Crippen LogP) is -0.111. The lowest BCUT2D eigenvalue weighted by Gasteiger charge is -1.96. The number of hydrogen-bond acceptors (Lipinski definition) is 4. The Bertz CT molecular complexity index is 139. The Balaban J connectivity index is 3.43. The summed E-state index contributed by atoms with van der Waals surface area (Å²) in [7, 11) is 1.40. The monoisotopic (exact) mass is 144 g/mol. The lowest BCUT2D eigenvalue weighted by Crippen LogP contribution is -2.03. The van der Waals surface area contributed by atoms with E-state index < -0.39 is 5.97 Å². The zero-order valence-electron chi connectivity index (χ0n) is 5.57. The smallest absolute Gasteiger partial charge is 0.332 e. The highest BCUT2D eigenvalue weighted by Gasteiger charge is 1.92. The first-order chi connectivity index (χ1) is 4.81. The van der Waals surface area contributed by atoms with Crippen molar-refractivity contribution in [3.63, 3.8) is 0 Å². The summed E-state index contributed by atoms with van der Waals surface area (Å²) in [6.07, 6.45) is 2.57. The second-order valence-electron chi connectivity index (χ2n) is 1.37. The standard InChI is InChI=1S/C6H8O4/c1-9-5-10-6(8)3-2-4-7/h2-4H,5H2,1H3/b3-2-. The molecule has 0 aliphatic rings. The van der Waals surface area contributed by atoms with Gasteiger partial charge >= 0.3 is 5.97 Å². The van der Waals surface area contributed by atoms with Gasteiger partial charge in [-0.2, -0.15) is 0 Å². The molecule has 0 rings (SSSR count). The van der Waals surface area contributed by atoms with E-state index in [-0.39, 0.29) is 6.79 Å². The fourth-order valence-corrected chi connectivity index (χ4v) is 0.283. The molecule has 0 bridgehead atoms. The van der Waals surface area contributed by atoms with Crippen molar-refractivity contribution in [1.29, 1.82) is 0 Å². The number of carbonyl (C=O) groups is 2. The van der Waals surface area contributed by atoms with Gasteiger partial charge in [-0.1, -0.05) is 0 Å². The predicted molar refractivity (Wildman–Crippen MR) is 33.2 cm³/mol. The number of carbonyl (C=O) groups excluding carboxylic acids is 2. The van der Waals surface area contributed by atoms with Crippen LogP contribution in [0.4, 0.5) is 0 Å². The van der Waals surface area contributed by atoms with Crippen LogP contribution in [-0.2, 0) is 19.1 Å². The van der Waals surface area contributed by atoms with Gasteiger partial charge in [0.2, 0.25) is 0 Å². The minimum Gasteiger partial charge on any atom is -0.435 e. The van der Waals surface area contributed by atoms with Crippen molar-refractivity contribution in [2.45, 2.75) is 0 Å². The van der Waals surface area contributed by atoms with Crippen LogP contribution in [-0.4, -0.2) is 26.2 Å². The Morgan fingerprint density at radius 2 is 2.30 bits per heavy atom. The third-order valence-electron chi connectivity index (χ3n) is 0.630. The molecule has 0 saturated carbocycles. The van der Waals surface area contributed by atoms with Crippen molar-refractivity contribution in [2.24, 2.45) is 0 Å². The highest BCUT2D eigenvalue weighted by atomic mass is 16.7. The fourth-order valence-electron chi connectivity index (χ4n) is 0.283. The number of allylic oxidation sites excluding steroid dienone is 1. The zero-order chi connectivity index (χ0) is 7.82. The van der Waals surface area contributed by atoms with Gasteiger partial charge in [-0.05, 0) is 6.08 Å². The van der Waals surface area contributed by atoms with Gasteiger partial charge < -0.3 is 9.47 Å². The minimum atomic E-state index is -0.589. The van der Waals surface area contributed by atoms with Crippen molar-refractivity contribution >= 4 is 12.3 Å². The molecule has 0 heterocycles. The minimum absolute atomic E-state index is 0.0952. The van der Waals surface area contributed by atoms with Gasteiger partial charge in [0.15, 0.2) is 6.79 Å². The average molecular weight is 144 g/mol. The van der Waals surface area contributed by atoms with Gasteiger partial charge in [0.1, 0.15) is 6.29 Å². The second-order valence-corrected chi connectivity index (χ2v) is 1.37. The molecule has 0 spiro atoms. The molecule has 0 N–H and O–H groups in total. The molecule has 4 heteroatoms. The largest absolute Gasteiger partial charge is 0.435 e. The number of hydrogen-bond donors (Lipinski definition) is 0. The van der Waals surface area contributed by atoms with E-state index in [1.54, 1.807) is 0 Å². The lowest BCUT2D eigenvalue weighted by molar-refractivity contribution is -0.148. The van der Waals surface area contributed by atoms with Crippen LogP contribution in [0.5, 0.6) is 0 Å². The maximum absolute atomic E-state index is 10.4. The SMILES string of the molecule is COCOC(=O)/C=C\C=O. The summed E-state index contributed by atoms with van der Waals surface area (Å²) in [5.74, 6) is -0.589. The fraction of sp³-hybridized carbons (Fsp3) is 0.333. The van der Waals surface area contributed by atoms with E-state index in [1.165, 1.54) is 7.11 Å². The van der Waals surface area contributed by atoms with E-state index in [2.05, 4.69) is 9.47 Å². The maximum Gasteiger partial charge on any atom is 0.332 e. The van der Waals surface area contributed by atoms with E-state index >= 15 is 0 Å². The number of ether oxygens (including phenoxy) is 2. The van der Waals surface area contributed by atoms with Crippen LogP contribution >= 0.6 is 0 Å². The molecule has 0 fully saturated rings. The van der Waals surface area contributed by atoms with Gasteiger partial charge in [-0.25, -0.2) is 4.79 Å². The molecule has 0 aliphatic carbocycles. The van der Waals surface area contributed by atoms with E-state index in [9.17, 15) is 9.59 Å². The van der Waals surface area contributed by atoms with Crippen LogP contribution < -0.4 is 0 Å². The van der Waals surface area contributed by atoms with Crippen molar-refractivity contribution in [1.82, 2.24) is 0 Å². The molecule has 0 atom stereocenters. The normalized spacial score (nSPS) is 9.70. The van der Waals surface area contributed by atoms with E-state index in [4.69, 9.17) is 0 Å². The third-order valence-corrected chi connectivity index (χ3v) is 0.630. The topological polar surface area (TPSA) is 52.6 Å². The first-order valence-electron chi connectivity index (χ1n) is 2.58. The highest BCUT2D eigenvalue weighted by molar-refractivity contribution is 5.86. The Labute approximate surface area is 58.4 Å². The molecule has 0 amide bonds. The zero-order valence-corrected chi connectivity index (χ0v) is 5.57. The maximum atomic E-state index is 10.4. The Kier molecular flexibility index (Phi) is 5.28. The summed E-state index contributed by atoms with van der Waals surface area (Å²) in [6, 6.07) is 0. The van der Waals surface area contributed by atoms with Crippen LogP contribution in [0.2, 0.25) is 0 Å². The summed E-state index contributed by atoms with van der Waals surface area (Å²) < 4.78 is 8.81. The quantitative estimate of drug-likeness (QED) is 0.239. The first-order valence-corrected chi connectivity index (χ1v) is 2.58. The van der Waals surface area contributed by atoms with E-state index in [1.807, 2.05) is 0 Å². The van der Waals surface area contributed by atoms with Crippen molar-refractivity contribution in [2.75, 3.05) is 13.9 Å². The Hall–Kier alpha value is -1.16. The molecular formula is C6H8O4. The summed E-state index contributed by atoms with van der Waals surface area (Å²) in [5, 5.41) is 0. The van der Waals surface area contributed by atoms with Crippen molar-refractivity contribution < 1.29 is 19.1 Å². The number of rotatable bonds is 4. The molecule has 0 unspecified atom stereocenters. The van der Waals surface area contributed by atoms with Crippen LogP contribution in [0.15, 0.2) is 12.2 Å². The Morgan fingerprint density at radius 1 is 1.60 bits per heavy atom. The molecule has 0 radical (unpaired) electrons. The second kappa shape index (κ2) is 5.97. The summed E-state index contributed by atoms with van der Waals surface area (Å²) in [6.45, 7) is -0.0952. The molecule has 4 nitrogen and oxygen atoms in total. The summed E-state index contributed by atoms with van der Waals surface area (Å²) in [4.78, 5) is 20.1. The van der Waals surface area contributed by atoms with Gasteiger partial charge in [0.25, 0.3) is 0 Å². The van der Waals surface area contributed by atoms with Crippen LogP contribution in [0.25, 0.3) is 0 Å². The van der Waals surface area contributed by atoms with Gasteiger partial charge in [-0.15, -0.1) is 0 Å². The van der Waals surface area contributed by atoms with Crippen molar-refractivity contribution in [3.05, 3.63) is 12.2 Å². The molecule has 0 aromatic rings. The molecule has 0 saturated heterocycles. The number of esters is 1. The molecule has 0 aromatic heterocycles. The summed E-state index contributed by atoms with van der Waals surface area (Å²) >= 11 is 0. The lowest BCUT2D eigenvalue weighted by atomic mass is 10.5. The number of aldehydes is 1. The molecule has 0 aliphatic heterocycles. The van der Waals surface area contributed by atoms with Gasteiger partial charge in [0, 0.05) is 13.2 Å². The molecule has 0 aromatic carbocycles. The average Bonchev–Trinajstić information content (AvgIpc) is 1.97.